The minimum absolute atomic E-state index is 0.0182. The fraction of sp³-hybridized carbons (Fsp3) is 0.133. The molecule has 18 rings (SSSR count). The van der Waals surface area contributed by atoms with Crippen LogP contribution in [0.15, 0.2) is 140 Å². The van der Waals surface area contributed by atoms with Gasteiger partial charge in [-0.1, -0.05) is 141 Å². The maximum atomic E-state index is 11.4. The molecule has 11 aromatic rings. The van der Waals surface area contributed by atoms with Crippen LogP contribution in [0.2, 0.25) is 0 Å². The Balaban J connectivity index is 1.15. The first-order valence-corrected chi connectivity index (χ1v) is 22.5. The van der Waals surface area contributed by atoms with E-state index in [9.17, 15) is 10.5 Å². The van der Waals surface area contributed by atoms with Crippen LogP contribution in [-0.2, 0) is 10.8 Å². The topological polar surface area (TPSA) is 52.0 Å². The Morgan fingerprint density at radius 2 is 0.984 bits per heavy atom. The molecule has 2 aromatic heterocycles. The van der Waals surface area contributed by atoms with Gasteiger partial charge in [-0.15, -0.1) is 0 Å². The molecule has 63 heavy (non-hydrogen) atoms. The summed E-state index contributed by atoms with van der Waals surface area (Å²) in [5, 5.41) is 33.3. The molecule has 0 saturated carbocycles. The summed E-state index contributed by atoms with van der Waals surface area (Å²) in [5.41, 5.74) is 23.1. The Labute approximate surface area is 362 Å². The van der Waals surface area contributed by atoms with E-state index < -0.39 is 0 Å². The molecule has 1 spiro atoms. The van der Waals surface area contributed by atoms with Crippen molar-refractivity contribution in [3.8, 4) is 12.1 Å². The molecule has 3 nitrogen and oxygen atoms in total. The van der Waals surface area contributed by atoms with Crippen LogP contribution in [0, 0.1) is 22.7 Å². The number of rotatable bonds is 0. The molecular formula is C60H33N3. The van der Waals surface area contributed by atoms with Gasteiger partial charge in [0.15, 0.2) is 0 Å². The zero-order valence-electron chi connectivity index (χ0n) is 34.4. The van der Waals surface area contributed by atoms with E-state index in [1.54, 1.807) is 0 Å². The van der Waals surface area contributed by atoms with Crippen molar-refractivity contribution in [2.45, 2.75) is 48.3 Å². The van der Waals surface area contributed by atoms with Gasteiger partial charge in [-0.25, -0.2) is 0 Å². The standard InChI is InChI=1S/C60H33N3/c1-59(2)40-21-11-12-28-22-23-37-48(43(28)40)57(59)54-51-42(24-29(26-61)44-46-31-13-3-5-15-33(31)47(52(44)51)34-16-6-4-14-32(34)46)63-41-25-30(27-62)45-53(50(41)49(37)58(54)63)56-36-18-8-10-20-39(36)60(56)38-19-9-7-17-35(38)55(45)60/h3-25,46-47,55-56H,1-2H3. The van der Waals surface area contributed by atoms with E-state index in [2.05, 4.69) is 170 Å². The van der Waals surface area contributed by atoms with Crippen molar-refractivity contribution in [3.63, 3.8) is 0 Å². The van der Waals surface area contributed by atoms with Gasteiger partial charge in [-0.3, -0.25) is 0 Å². The SMILES string of the molecule is CC1(C)c2cccc3ccc4c(c1c1c5c6c(c(C#N)cc5n5c7cc(C#N)c8c(c7c4c15)C1c4ccccc4C14c1ccccc1C84)C1c4ccccc4C6c4ccccc41)c23. The predicted octanol–water partition coefficient (Wildman–Crippen LogP) is 13.4. The molecule has 0 fully saturated rings. The van der Waals surface area contributed by atoms with Crippen LogP contribution in [0.25, 0.3) is 59.6 Å². The van der Waals surface area contributed by atoms with Crippen LogP contribution in [0.5, 0.6) is 0 Å². The summed E-state index contributed by atoms with van der Waals surface area (Å²) in [4.78, 5) is 0. The molecule has 0 N–H and O–H groups in total. The van der Waals surface area contributed by atoms with Gasteiger partial charge < -0.3 is 4.40 Å². The normalized spacial score (nSPS) is 22.6. The first-order chi connectivity index (χ1) is 31.0. The van der Waals surface area contributed by atoms with Gasteiger partial charge in [0.1, 0.15) is 0 Å². The van der Waals surface area contributed by atoms with Gasteiger partial charge in [-0.2, -0.15) is 10.5 Å². The van der Waals surface area contributed by atoms with E-state index in [0.29, 0.717) is 0 Å². The Kier molecular flexibility index (Phi) is 5.00. The summed E-state index contributed by atoms with van der Waals surface area (Å²) in [6.07, 6.45) is 0. The lowest BCUT2D eigenvalue weighted by Gasteiger charge is -2.58. The first-order valence-electron chi connectivity index (χ1n) is 22.5. The number of aromatic nitrogens is 1. The maximum Gasteiger partial charge on any atom is 0.0995 e. The highest BCUT2D eigenvalue weighted by atomic mass is 14.9. The third-order valence-electron chi connectivity index (χ3n) is 17.5. The van der Waals surface area contributed by atoms with E-state index in [0.717, 1.165) is 22.2 Å². The molecule has 0 radical (unpaired) electrons. The molecule has 2 bridgehead atoms. The molecule has 7 aliphatic carbocycles. The Morgan fingerprint density at radius 1 is 0.460 bits per heavy atom. The van der Waals surface area contributed by atoms with Gasteiger partial charge in [0, 0.05) is 56.0 Å². The number of hydrogen-bond donors (Lipinski definition) is 0. The lowest BCUT2D eigenvalue weighted by atomic mass is 9.43. The van der Waals surface area contributed by atoms with E-state index in [4.69, 9.17) is 0 Å². The van der Waals surface area contributed by atoms with Crippen molar-refractivity contribution >= 4 is 59.6 Å². The minimum atomic E-state index is -0.296. The molecule has 3 heteroatoms. The largest absolute Gasteiger partial charge is 0.308 e. The molecule has 0 amide bonds. The number of benzene rings is 9. The fourth-order valence-electron chi connectivity index (χ4n) is 15.7. The number of fused-ring (bicyclic) bond motifs is 16. The second kappa shape index (κ2) is 9.82. The summed E-state index contributed by atoms with van der Waals surface area (Å²) in [7, 11) is 0. The second-order valence-electron chi connectivity index (χ2n) is 19.9. The molecule has 3 atom stereocenters. The fourth-order valence-corrected chi connectivity index (χ4v) is 15.7. The Bertz CT molecular complexity index is 4190. The highest BCUT2D eigenvalue weighted by Gasteiger charge is 2.70. The highest BCUT2D eigenvalue weighted by molar-refractivity contribution is 6.38. The average Bonchev–Trinajstić information content (AvgIpc) is 3.97. The van der Waals surface area contributed by atoms with Gasteiger partial charge in [0.2, 0.25) is 0 Å². The van der Waals surface area contributed by atoms with Crippen LogP contribution in [-0.4, -0.2) is 4.40 Å². The van der Waals surface area contributed by atoms with Crippen LogP contribution in [0.3, 0.4) is 0 Å². The average molecular weight is 796 g/mol. The van der Waals surface area contributed by atoms with E-state index in [1.165, 1.54) is 126 Å². The zero-order chi connectivity index (χ0) is 41.2. The summed E-state index contributed by atoms with van der Waals surface area (Å²) in [6, 6.07) is 57.8. The Morgan fingerprint density at radius 3 is 1.60 bits per heavy atom. The van der Waals surface area contributed by atoms with Crippen molar-refractivity contribution in [1.82, 2.24) is 4.40 Å². The van der Waals surface area contributed by atoms with Gasteiger partial charge in [0.05, 0.1) is 39.8 Å². The zero-order valence-corrected chi connectivity index (χ0v) is 34.4. The summed E-state index contributed by atoms with van der Waals surface area (Å²) in [5.74, 6) is 0.206. The van der Waals surface area contributed by atoms with Gasteiger partial charge >= 0.3 is 0 Å². The summed E-state index contributed by atoms with van der Waals surface area (Å²) < 4.78 is 2.53. The molecule has 7 aliphatic rings. The molecule has 288 valence electrons. The Hall–Kier alpha value is -7.72. The van der Waals surface area contributed by atoms with Crippen molar-refractivity contribution in [2.24, 2.45) is 0 Å². The van der Waals surface area contributed by atoms with Gasteiger partial charge in [0.25, 0.3) is 0 Å². The van der Waals surface area contributed by atoms with Crippen molar-refractivity contribution in [3.05, 3.63) is 229 Å². The first kappa shape index (κ1) is 32.1. The summed E-state index contributed by atoms with van der Waals surface area (Å²) >= 11 is 0. The third-order valence-corrected chi connectivity index (χ3v) is 17.5. The van der Waals surface area contributed by atoms with Gasteiger partial charge in [-0.05, 0) is 112 Å². The van der Waals surface area contributed by atoms with Crippen LogP contribution in [0.4, 0.5) is 0 Å². The van der Waals surface area contributed by atoms with E-state index in [-0.39, 0.29) is 34.5 Å². The molecule has 2 heterocycles. The smallest absolute Gasteiger partial charge is 0.0995 e. The van der Waals surface area contributed by atoms with Crippen LogP contribution >= 0.6 is 0 Å². The molecule has 3 unspecified atom stereocenters. The van der Waals surface area contributed by atoms with E-state index >= 15 is 0 Å². The third kappa shape index (κ3) is 2.98. The van der Waals surface area contributed by atoms with E-state index in [1.807, 2.05) is 0 Å². The lowest BCUT2D eigenvalue weighted by Crippen LogP contribution is -2.52. The predicted molar refractivity (Wildman–Crippen MR) is 250 cm³/mol. The molecule has 0 aliphatic heterocycles. The maximum absolute atomic E-state index is 11.4. The van der Waals surface area contributed by atoms with Crippen molar-refractivity contribution in [1.29, 1.82) is 10.5 Å². The number of nitriles is 2. The van der Waals surface area contributed by atoms with Crippen LogP contribution < -0.4 is 0 Å². The molecule has 9 aromatic carbocycles. The summed E-state index contributed by atoms with van der Waals surface area (Å²) in [6.45, 7) is 4.87. The molecular weight excluding hydrogens is 763 g/mol. The minimum Gasteiger partial charge on any atom is -0.308 e. The number of hydrogen-bond acceptors (Lipinski definition) is 2. The van der Waals surface area contributed by atoms with Crippen LogP contribution in [0.1, 0.15) is 127 Å². The highest BCUT2D eigenvalue weighted by Crippen LogP contribution is 2.78. The monoisotopic (exact) mass is 795 g/mol. The van der Waals surface area contributed by atoms with Crippen molar-refractivity contribution < 1.29 is 0 Å². The van der Waals surface area contributed by atoms with Crippen molar-refractivity contribution in [2.75, 3.05) is 0 Å². The lowest BCUT2D eigenvalue weighted by molar-refractivity contribution is 0.333. The molecule has 0 saturated heterocycles. The number of nitrogens with zero attached hydrogens (tertiary/aromatic N) is 3. The quantitative estimate of drug-likeness (QED) is 0.144. The second-order valence-corrected chi connectivity index (χ2v) is 19.9.